The highest BCUT2D eigenvalue weighted by Gasteiger charge is 2.48. The van der Waals surface area contributed by atoms with Gasteiger partial charge in [0.2, 0.25) is 0 Å². The van der Waals surface area contributed by atoms with Gasteiger partial charge in [0, 0.05) is 0 Å². The molecule has 1 saturated heterocycles. The lowest BCUT2D eigenvalue weighted by Crippen LogP contribution is -2.41. The van der Waals surface area contributed by atoms with Gasteiger partial charge in [-0.15, -0.1) is 11.8 Å². The molecule has 0 spiro atoms. The zero-order chi connectivity index (χ0) is 10.2. The van der Waals surface area contributed by atoms with Crippen molar-refractivity contribution in [1.29, 1.82) is 0 Å². The normalized spacial score (nSPS) is 35.2. The molecule has 1 heterocycles. The van der Waals surface area contributed by atoms with Crippen LogP contribution in [0.25, 0.3) is 0 Å². The smallest absolute Gasteiger partial charge is 0.319 e. The van der Waals surface area contributed by atoms with Crippen molar-refractivity contribution >= 4 is 17.7 Å². The molecule has 0 aromatic carbocycles. The molecule has 0 radical (unpaired) electrons. The van der Waals surface area contributed by atoms with E-state index in [0.29, 0.717) is 5.41 Å². The van der Waals surface area contributed by atoms with Gasteiger partial charge in [0.1, 0.15) is 4.75 Å². The summed E-state index contributed by atoms with van der Waals surface area (Å²) in [5, 5.41) is 9.33. The van der Waals surface area contributed by atoms with Gasteiger partial charge in [-0.2, -0.15) is 0 Å². The summed E-state index contributed by atoms with van der Waals surface area (Å²) >= 11 is 1.67. The van der Waals surface area contributed by atoms with Gasteiger partial charge < -0.3 is 5.11 Å². The first-order chi connectivity index (χ1) is 6.56. The molecule has 1 saturated carbocycles. The lowest BCUT2D eigenvalue weighted by atomic mass is 9.65. The number of hydrogen-bond donors (Lipinski definition) is 1. The summed E-state index contributed by atoms with van der Waals surface area (Å²) in [6.07, 6.45) is 6.58. The minimum Gasteiger partial charge on any atom is -0.480 e. The first kappa shape index (κ1) is 10.3. The summed E-state index contributed by atoms with van der Waals surface area (Å²) in [5.74, 6) is 0.454. The van der Waals surface area contributed by atoms with E-state index >= 15 is 0 Å². The van der Waals surface area contributed by atoms with Crippen LogP contribution in [0.5, 0.6) is 0 Å². The van der Waals surface area contributed by atoms with Gasteiger partial charge in [0.15, 0.2) is 0 Å². The van der Waals surface area contributed by atoms with Crippen LogP contribution in [0.15, 0.2) is 0 Å². The summed E-state index contributed by atoms with van der Waals surface area (Å²) in [4.78, 5) is 11.3. The Morgan fingerprint density at radius 3 is 2.43 bits per heavy atom. The van der Waals surface area contributed by atoms with Gasteiger partial charge in [0.05, 0.1) is 0 Å². The highest BCUT2D eigenvalue weighted by Crippen LogP contribution is 2.53. The summed E-state index contributed by atoms with van der Waals surface area (Å²) in [6, 6.07) is 0. The maximum Gasteiger partial charge on any atom is 0.319 e. The second-order valence-electron chi connectivity index (χ2n) is 5.09. The Hall–Kier alpha value is -0.180. The Morgan fingerprint density at radius 2 is 2.07 bits per heavy atom. The fraction of sp³-hybridized carbons (Fsp3) is 0.909. The molecule has 80 valence electrons. The quantitative estimate of drug-likeness (QED) is 0.785. The van der Waals surface area contributed by atoms with E-state index < -0.39 is 10.7 Å². The molecule has 1 unspecified atom stereocenters. The van der Waals surface area contributed by atoms with E-state index in [9.17, 15) is 9.90 Å². The third-order valence-electron chi connectivity index (χ3n) is 3.77. The van der Waals surface area contributed by atoms with Crippen LogP contribution in [-0.4, -0.2) is 21.6 Å². The first-order valence-corrected chi connectivity index (χ1v) is 6.42. The molecule has 3 heteroatoms. The van der Waals surface area contributed by atoms with E-state index in [4.69, 9.17) is 0 Å². The van der Waals surface area contributed by atoms with Crippen LogP contribution in [0.3, 0.4) is 0 Å². The lowest BCUT2D eigenvalue weighted by Gasteiger charge is -2.43. The number of carboxylic acids is 1. The minimum atomic E-state index is -0.576. The maximum absolute atomic E-state index is 11.3. The Labute approximate surface area is 89.5 Å². The Morgan fingerprint density at radius 1 is 1.36 bits per heavy atom. The van der Waals surface area contributed by atoms with Gasteiger partial charge in [-0.3, -0.25) is 4.79 Å². The van der Waals surface area contributed by atoms with Gasteiger partial charge in [-0.1, -0.05) is 13.3 Å². The summed E-state index contributed by atoms with van der Waals surface area (Å²) in [5.41, 5.74) is 0.329. The Bertz CT molecular complexity index is 240. The molecular formula is C11H18O2S. The van der Waals surface area contributed by atoms with Crippen LogP contribution in [0.4, 0.5) is 0 Å². The number of thioether (sulfide) groups is 1. The molecule has 2 nitrogen and oxygen atoms in total. The van der Waals surface area contributed by atoms with Crippen LogP contribution in [-0.2, 0) is 4.79 Å². The van der Waals surface area contributed by atoms with E-state index in [1.54, 1.807) is 11.8 Å². The minimum absolute atomic E-state index is 0.329. The Kier molecular flexibility index (Phi) is 2.54. The molecule has 1 atom stereocenters. The molecule has 0 aromatic heterocycles. The van der Waals surface area contributed by atoms with E-state index in [1.165, 1.54) is 19.3 Å². The Balaban J connectivity index is 2.07. The second kappa shape index (κ2) is 3.44. The molecule has 2 rings (SSSR count). The molecule has 0 amide bonds. The number of aliphatic carboxylic acids is 1. The van der Waals surface area contributed by atoms with Crippen molar-refractivity contribution < 1.29 is 9.90 Å². The van der Waals surface area contributed by atoms with Gasteiger partial charge in [-0.25, -0.2) is 0 Å². The van der Waals surface area contributed by atoms with Crippen molar-refractivity contribution in [2.75, 3.05) is 5.75 Å². The van der Waals surface area contributed by atoms with Gasteiger partial charge >= 0.3 is 5.97 Å². The average Bonchev–Trinajstić information content (AvgIpc) is 2.51. The summed E-state index contributed by atoms with van der Waals surface area (Å²) in [6.45, 7) is 2.25. The molecule has 0 bridgehead atoms. The van der Waals surface area contributed by atoms with Crippen molar-refractivity contribution in [3.05, 3.63) is 0 Å². The van der Waals surface area contributed by atoms with E-state index in [0.717, 1.165) is 25.0 Å². The summed E-state index contributed by atoms with van der Waals surface area (Å²) in [7, 11) is 0. The third-order valence-corrected chi connectivity index (χ3v) is 5.33. The van der Waals surface area contributed by atoms with Crippen LogP contribution in [0.2, 0.25) is 0 Å². The number of carboxylic acid groups (broad SMARTS) is 1. The lowest BCUT2D eigenvalue weighted by molar-refractivity contribution is -0.141. The highest BCUT2D eigenvalue weighted by molar-refractivity contribution is 8.01. The van der Waals surface area contributed by atoms with Crippen LogP contribution in [0.1, 0.15) is 45.4 Å². The first-order valence-electron chi connectivity index (χ1n) is 5.44. The zero-order valence-electron chi connectivity index (χ0n) is 8.71. The SMILES string of the molecule is CC1(CC2(C(=O)O)CCCS2)CCC1. The second-order valence-corrected chi connectivity index (χ2v) is 6.57. The van der Waals surface area contributed by atoms with E-state index in [-0.39, 0.29) is 0 Å². The van der Waals surface area contributed by atoms with E-state index in [1.807, 2.05) is 0 Å². The van der Waals surface area contributed by atoms with Crippen LogP contribution < -0.4 is 0 Å². The molecule has 1 N–H and O–H groups in total. The topological polar surface area (TPSA) is 37.3 Å². The molecular weight excluding hydrogens is 196 g/mol. The predicted octanol–water partition coefficient (Wildman–Crippen LogP) is 2.92. The van der Waals surface area contributed by atoms with Crippen molar-refractivity contribution in [3.8, 4) is 0 Å². The van der Waals surface area contributed by atoms with E-state index in [2.05, 4.69) is 6.92 Å². The fourth-order valence-electron chi connectivity index (χ4n) is 2.73. The number of rotatable bonds is 3. The molecule has 1 aliphatic carbocycles. The van der Waals surface area contributed by atoms with Gasteiger partial charge in [-0.05, 0) is 43.3 Å². The highest BCUT2D eigenvalue weighted by atomic mass is 32.2. The van der Waals surface area contributed by atoms with Crippen molar-refractivity contribution in [2.24, 2.45) is 5.41 Å². The molecule has 2 fully saturated rings. The average molecular weight is 214 g/mol. The van der Waals surface area contributed by atoms with Crippen molar-refractivity contribution in [2.45, 2.75) is 50.2 Å². The van der Waals surface area contributed by atoms with Gasteiger partial charge in [0.25, 0.3) is 0 Å². The standard InChI is InChI=1S/C11H18O2S/c1-10(4-2-5-10)8-11(9(12)13)6-3-7-14-11/h2-8H2,1H3,(H,12,13). The molecule has 0 aromatic rings. The zero-order valence-corrected chi connectivity index (χ0v) is 9.53. The molecule has 2 aliphatic rings. The predicted molar refractivity (Wildman–Crippen MR) is 58.6 cm³/mol. The number of carbonyl (C=O) groups is 1. The number of hydrogen-bond acceptors (Lipinski definition) is 2. The van der Waals surface area contributed by atoms with Crippen molar-refractivity contribution in [1.82, 2.24) is 0 Å². The monoisotopic (exact) mass is 214 g/mol. The maximum atomic E-state index is 11.3. The largest absolute Gasteiger partial charge is 0.480 e. The molecule has 14 heavy (non-hydrogen) atoms. The summed E-state index contributed by atoms with van der Waals surface area (Å²) < 4.78 is -0.435. The third kappa shape index (κ3) is 1.67. The molecule has 1 aliphatic heterocycles. The van der Waals surface area contributed by atoms with Crippen LogP contribution >= 0.6 is 11.8 Å². The van der Waals surface area contributed by atoms with Crippen molar-refractivity contribution in [3.63, 3.8) is 0 Å². The van der Waals surface area contributed by atoms with Crippen LogP contribution in [0, 0.1) is 5.41 Å². The fourth-order valence-corrected chi connectivity index (χ4v) is 4.27.